The molecule has 2 amide bonds. The number of carbonyl (C=O) groups excluding carboxylic acids is 2. The van der Waals surface area contributed by atoms with E-state index in [0.29, 0.717) is 17.0 Å². The van der Waals surface area contributed by atoms with Crippen LogP contribution in [-0.4, -0.2) is 30.8 Å². The van der Waals surface area contributed by atoms with Gasteiger partial charge in [0.25, 0.3) is 5.91 Å². The van der Waals surface area contributed by atoms with Gasteiger partial charge in [0.05, 0.1) is 6.54 Å². The Morgan fingerprint density at radius 2 is 1.81 bits per heavy atom. The van der Waals surface area contributed by atoms with E-state index in [-0.39, 0.29) is 24.9 Å². The Kier molecular flexibility index (Phi) is 6.76. The van der Waals surface area contributed by atoms with Gasteiger partial charge in [0.2, 0.25) is 0 Å². The number of ether oxygens (including phenoxy) is 2. The van der Waals surface area contributed by atoms with Crippen LogP contribution in [0.2, 0.25) is 0 Å². The van der Waals surface area contributed by atoms with Crippen molar-refractivity contribution in [2.75, 3.05) is 18.5 Å². The van der Waals surface area contributed by atoms with E-state index >= 15 is 0 Å². The van der Waals surface area contributed by atoms with E-state index in [4.69, 9.17) is 9.47 Å². The van der Waals surface area contributed by atoms with Gasteiger partial charge in [-0.15, -0.1) is 0 Å². The van der Waals surface area contributed by atoms with Crippen LogP contribution in [0.15, 0.2) is 48.5 Å². The van der Waals surface area contributed by atoms with Gasteiger partial charge in [-0.2, -0.15) is 0 Å². The van der Waals surface area contributed by atoms with Crippen molar-refractivity contribution >= 4 is 17.7 Å². The number of halogens is 1. The first-order valence-corrected chi connectivity index (χ1v) is 8.49. The summed E-state index contributed by atoms with van der Waals surface area (Å²) in [6, 6.07) is 12.3. The zero-order valence-electron chi connectivity index (χ0n) is 15.5. The highest BCUT2D eigenvalue weighted by atomic mass is 19.1. The van der Waals surface area contributed by atoms with Crippen molar-refractivity contribution in [2.24, 2.45) is 0 Å². The minimum absolute atomic E-state index is 0.199. The fourth-order valence-electron chi connectivity index (χ4n) is 2.15. The standard InChI is InChI=1S/C20H23FN2O4/c1-20(2,3)27-19(25)23-16-8-4-6-14(12-16)18(24)22-10-11-26-17-9-5-7-15(21)13-17/h4-9,12-13H,10-11H2,1-3H3,(H,22,24)(H,23,25). The van der Waals surface area contributed by atoms with Gasteiger partial charge in [-0.05, 0) is 51.1 Å². The maximum Gasteiger partial charge on any atom is 0.412 e. The molecule has 0 aromatic heterocycles. The van der Waals surface area contributed by atoms with Crippen molar-refractivity contribution in [3.8, 4) is 5.75 Å². The second-order valence-corrected chi connectivity index (χ2v) is 6.77. The number of anilines is 1. The molecule has 144 valence electrons. The molecule has 0 fully saturated rings. The van der Waals surface area contributed by atoms with Gasteiger partial charge in [-0.1, -0.05) is 12.1 Å². The summed E-state index contributed by atoms with van der Waals surface area (Å²) < 4.78 is 23.6. The Bertz CT molecular complexity index is 803. The summed E-state index contributed by atoms with van der Waals surface area (Å²) in [5.74, 6) is -0.302. The molecule has 6 nitrogen and oxygen atoms in total. The maximum atomic E-state index is 13.1. The van der Waals surface area contributed by atoms with E-state index in [1.165, 1.54) is 12.1 Å². The molecule has 0 heterocycles. The molecular formula is C20H23FN2O4. The highest BCUT2D eigenvalue weighted by molar-refractivity contribution is 5.96. The van der Waals surface area contributed by atoms with E-state index in [9.17, 15) is 14.0 Å². The van der Waals surface area contributed by atoms with Crippen LogP contribution in [0.3, 0.4) is 0 Å². The average molecular weight is 374 g/mol. The zero-order chi connectivity index (χ0) is 19.9. The fourth-order valence-corrected chi connectivity index (χ4v) is 2.15. The molecule has 0 bridgehead atoms. The van der Waals surface area contributed by atoms with E-state index in [1.807, 2.05) is 0 Å². The quantitative estimate of drug-likeness (QED) is 0.750. The smallest absolute Gasteiger partial charge is 0.412 e. The molecule has 0 saturated heterocycles. The van der Waals surface area contributed by atoms with Gasteiger partial charge in [-0.3, -0.25) is 10.1 Å². The first-order chi connectivity index (χ1) is 12.7. The van der Waals surface area contributed by atoms with Crippen molar-refractivity contribution in [2.45, 2.75) is 26.4 Å². The number of rotatable bonds is 6. The topological polar surface area (TPSA) is 76.7 Å². The third-order valence-electron chi connectivity index (χ3n) is 3.22. The molecule has 2 aromatic rings. The Hall–Kier alpha value is -3.09. The number of carbonyl (C=O) groups is 2. The first-order valence-electron chi connectivity index (χ1n) is 8.49. The number of nitrogens with one attached hydrogen (secondary N) is 2. The normalized spacial score (nSPS) is 10.8. The molecule has 27 heavy (non-hydrogen) atoms. The third-order valence-corrected chi connectivity index (χ3v) is 3.22. The van der Waals surface area contributed by atoms with Crippen LogP contribution >= 0.6 is 0 Å². The Balaban J connectivity index is 1.83. The highest BCUT2D eigenvalue weighted by Crippen LogP contribution is 2.14. The summed E-state index contributed by atoms with van der Waals surface area (Å²) >= 11 is 0. The summed E-state index contributed by atoms with van der Waals surface area (Å²) in [4.78, 5) is 24.0. The summed E-state index contributed by atoms with van der Waals surface area (Å²) in [5.41, 5.74) is 0.225. The molecule has 0 spiro atoms. The van der Waals surface area contributed by atoms with Crippen molar-refractivity contribution in [1.82, 2.24) is 5.32 Å². The molecule has 2 N–H and O–H groups in total. The largest absolute Gasteiger partial charge is 0.492 e. The van der Waals surface area contributed by atoms with Gasteiger partial charge in [-0.25, -0.2) is 9.18 Å². The van der Waals surface area contributed by atoms with Crippen LogP contribution in [0.5, 0.6) is 5.75 Å². The second kappa shape index (κ2) is 9.02. The molecule has 7 heteroatoms. The molecular weight excluding hydrogens is 351 g/mol. The Morgan fingerprint density at radius 1 is 1.07 bits per heavy atom. The first kappa shape index (κ1) is 20.2. The van der Waals surface area contributed by atoms with Crippen LogP contribution in [0.1, 0.15) is 31.1 Å². The minimum Gasteiger partial charge on any atom is -0.492 e. The molecule has 0 unspecified atom stereocenters. The van der Waals surface area contributed by atoms with Gasteiger partial charge in [0, 0.05) is 17.3 Å². The van der Waals surface area contributed by atoms with Crippen LogP contribution in [-0.2, 0) is 4.74 Å². The summed E-state index contributed by atoms with van der Waals surface area (Å²) in [7, 11) is 0. The lowest BCUT2D eigenvalue weighted by Crippen LogP contribution is -2.29. The van der Waals surface area contributed by atoms with E-state index in [1.54, 1.807) is 57.2 Å². The van der Waals surface area contributed by atoms with Crippen molar-refractivity contribution < 1.29 is 23.5 Å². The van der Waals surface area contributed by atoms with Gasteiger partial charge in [0.15, 0.2) is 0 Å². The number of hydrogen-bond acceptors (Lipinski definition) is 4. The van der Waals surface area contributed by atoms with Gasteiger partial charge in [0.1, 0.15) is 23.8 Å². The third kappa shape index (κ3) is 7.35. The Morgan fingerprint density at radius 3 is 2.52 bits per heavy atom. The summed E-state index contributed by atoms with van der Waals surface area (Å²) in [6.07, 6.45) is -0.594. The second-order valence-electron chi connectivity index (χ2n) is 6.77. The molecule has 0 aliphatic rings. The Labute approximate surface area is 157 Å². The predicted octanol–water partition coefficient (Wildman–Crippen LogP) is 3.98. The van der Waals surface area contributed by atoms with Crippen LogP contribution in [0.4, 0.5) is 14.9 Å². The maximum absolute atomic E-state index is 13.1. The zero-order valence-corrected chi connectivity index (χ0v) is 15.5. The fraction of sp³-hybridized carbons (Fsp3) is 0.300. The lowest BCUT2D eigenvalue weighted by atomic mass is 10.2. The predicted molar refractivity (Wildman–Crippen MR) is 101 cm³/mol. The summed E-state index contributed by atoms with van der Waals surface area (Å²) in [5, 5.41) is 5.29. The SMILES string of the molecule is CC(C)(C)OC(=O)Nc1cccc(C(=O)NCCOc2cccc(F)c2)c1. The number of benzene rings is 2. The molecule has 0 atom stereocenters. The molecule has 0 aliphatic carbocycles. The lowest BCUT2D eigenvalue weighted by molar-refractivity contribution is 0.0635. The molecule has 0 aliphatic heterocycles. The van der Waals surface area contributed by atoms with Crippen molar-refractivity contribution in [3.63, 3.8) is 0 Å². The van der Waals surface area contributed by atoms with Gasteiger partial charge < -0.3 is 14.8 Å². The van der Waals surface area contributed by atoms with Crippen molar-refractivity contribution in [1.29, 1.82) is 0 Å². The average Bonchev–Trinajstić information content (AvgIpc) is 2.57. The van der Waals surface area contributed by atoms with Crippen LogP contribution < -0.4 is 15.4 Å². The monoisotopic (exact) mass is 374 g/mol. The van der Waals surface area contributed by atoms with E-state index < -0.39 is 11.7 Å². The van der Waals surface area contributed by atoms with Crippen molar-refractivity contribution in [3.05, 3.63) is 59.9 Å². The highest BCUT2D eigenvalue weighted by Gasteiger charge is 2.16. The molecule has 2 rings (SSSR count). The molecule has 0 radical (unpaired) electrons. The van der Waals surface area contributed by atoms with Crippen LogP contribution in [0, 0.1) is 5.82 Å². The minimum atomic E-state index is -0.610. The van der Waals surface area contributed by atoms with Gasteiger partial charge >= 0.3 is 6.09 Å². The van der Waals surface area contributed by atoms with Crippen LogP contribution in [0.25, 0.3) is 0 Å². The summed E-state index contributed by atoms with van der Waals surface area (Å²) in [6.45, 7) is 5.75. The number of hydrogen-bond donors (Lipinski definition) is 2. The molecule has 0 saturated carbocycles. The lowest BCUT2D eigenvalue weighted by Gasteiger charge is -2.19. The number of amides is 2. The van der Waals surface area contributed by atoms with E-state index in [2.05, 4.69) is 10.6 Å². The molecule has 2 aromatic carbocycles. The van der Waals surface area contributed by atoms with E-state index in [0.717, 1.165) is 0 Å².